The molecule has 12 rings (SSSR count). The van der Waals surface area contributed by atoms with Gasteiger partial charge in [0.15, 0.2) is 0 Å². The second-order valence-electron chi connectivity index (χ2n) is 14.5. The van der Waals surface area contributed by atoms with Gasteiger partial charge in [0.25, 0.3) is 0 Å². The summed E-state index contributed by atoms with van der Waals surface area (Å²) < 4.78 is 7.57. The van der Waals surface area contributed by atoms with Crippen LogP contribution < -0.4 is 0 Å². The zero-order valence-electron chi connectivity index (χ0n) is 29.8. The molecular weight excluding hydrogens is 685 g/mol. The van der Waals surface area contributed by atoms with Gasteiger partial charge in [-0.15, -0.1) is 11.3 Å². The molecule has 9 aromatic carbocycles. The number of para-hydroxylation sites is 2. The lowest BCUT2D eigenvalue weighted by molar-refractivity contribution is 1.18. The molecule has 0 aliphatic rings. The normalized spacial score (nSPS) is 12.0. The minimum absolute atomic E-state index is 1.18. The van der Waals surface area contributed by atoms with Gasteiger partial charge >= 0.3 is 0 Å². The van der Waals surface area contributed by atoms with Crippen LogP contribution in [0.2, 0.25) is 0 Å². The first-order valence-electron chi connectivity index (χ1n) is 18.8. The molecule has 3 heteroatoms. The van der Waals surface area contributed by atoms with E-state index in [1.54, 1.807) is 0 Å². The summed E-state index contributed by atoms with van der Waals surface area (Å²) in [5.74, 6) is 0. The van der Waals surface area contributed by atoms with Crippen molar-refractivity contribution in [1.29, 1.82) is 0 Å². The molecular formula is C52H32N2S. The van der Waals surface area contributed by atoms with Gasteiger partial charge in [-0.1, -0.05) is 127 Å². The molecule has 0 atom stereocenters. The zero-order chi connectivity index (χ0) is 36.0. The number of fused-ring (bicyclic) bond motifs is 10. The lowest BCUT2D eigenvalue weighted by Gasteiger charge is -2.14. The van der Waals surface area contributed by atoms with Gasteiger partial charge in [-0.05, 0) is 94.2 Å². The first-order chi connectivity index (χ1) is 27.3. The number of rotatable bonds is 4. The Bertz CT molecular complexity index is 3490. The lowest BCUT2D eigenvalue weighted by Crippen LogP contribution is -1.97. The summed E-state index contributed by atoms with van der Waals surface area (Å²) in [5.41, 5.74) is 12.1. The summed E-state index contributed by atoms with van der Waals surface area (Å²) in [6, 6.07) is 71.5. The summed E-state index contributed by atoms with van der Waals surface area (Å²) in [5, 5.41) is 10.1. The maximum absolute atomic E-state index is 2.47. The molecule has 0 aliphatic heterocycles. The number of benzene rings is 9. The highest BCUT2D eigenvalue weighted by atomic mass is 32.1. The Morgan fingerprint density at radius 2 is 0.873 bits per heavy atom. The molecule has 55 heavy (non-hydrogen) atoms. The number of hydrogen-bond donors (Lipinski definition) is 0. The summed E-state index contributed by atoms with van der Waals surface area (Å²) in [4.78, 5) is 0. The molecule has 0 bridgehead atoms. The van der Waals surface area contributed by atoms with Gasteiger partial charge in [0.05, 0.1) is 33.4 Å². The Kier molecular flexibility index (Phi) is 6.54. The Hall–Kier alpha value is -6.94. The van der Waals surface area contributed by atoms with E-state index in [1.807, 2.05) is 11.3 Å². The van der Waals surface area contributed by atoms with Crippen LogP contribution in [-0.2, 0) is 0 Å². The Balaban J connectivity index is 1.09. The smallest absolute Gasteiger partial charge is 0.0555 e. The van der Waals surface area contributed by atoms with Crippen LogP contribution in [0.1, 0.15) is 0 Å². The van der Waals surface area contributed by atoms with Gasteiger partial charge in [0.1, 0.15) is 0 Å². The highest BCUT2D eigenvalue weighted by Gasteiger charge is 2.20. The van der Waals surface area contributed by atoms with Crippen molar-refractivity contribution in [1.82, 2.24) is 9.13 Å². The van der Waals surface area contributed by atoms with E-state index >= 15 is 0 Å². The van der Waals surface area contributed by atoms with Gasteiger partial charge in [0, 0.05) is 47.3 Å². The second kappa shape index (κ2) is 11.8. The van der Waals surface area contributed by atoms with E-state index in [2.05, 4.69) is 203 Å². The molecule has 0 fully saturated rings. The van der Waals surface area contributed by atoms with E-state index in [9.17, 15) is 0 Å². The first kappa shape index (κ1) is 30.5. The number of aromatic nitrogens is 2. The van der Waals surface area contributed by atoms with Gasteiger partial charge in [-0.25, -0.2) is 0 Å². The summed E-state index contributed by atoms with van der Waals surface area (Å²) in [6.07, 6.45) is 0. The largest absolute Gasteiger partial charge is 0.309 e. The fourth-order valence-electron chi connectivity index (χ4n) is 9.03. The predicted octanol–water partition coefficient (Wildman–Crippen LogP) is 14.7. The Labute approximate surface area is 321 Å². The predicted molar refractivity (Wildman–Crippen MR) is 236 cm³/mol. The molecule has 0 radical (unpaired) electrons. The van der Waals surface area contributed by atoms with Crippen molar-refractivity contribution in [2.45, 2.75) is 0 Å². The molecule has 2 nitrogen and oxygen atoms in total. The molecule has 12 aromatic rings. The van der Waals surface area contributed by atoms with E-state index < -0.39 is 0 Å². The van der Waals surface area contributed by atoms with Crippen LogP contribution in [0.25, 0.3) is 108 Å². The number of thiophene rings is 1. The van der Waals surface area contributed by atoms with Crippen LogP contribution in [0, 0.1) is 0 Å². The fourth-order valence-corrected chi connectivity index (χ4v) is 10.2. The minimum atomic E-state index is 1.18. The van der Waals surface area contributed by atoms with Crippen LogP contribution in [0.3, 0.4) is 0 Å². The first-order valence-corrected chi connectivity index (χ1v) is 19.7. The lowest BCUT2D eigenvalue weighted by atomic mass is 10.00. The molecule has 0 aliphatic carbocycles. The molecule has 256 valence electrons. The second-order valence-corrected chi connectivity index (χ2v) is 15.6. The molecule has 0 unspecified atom stereocenters. The SMILES string of the molecule is c1ccc(-c2ccccc2-n2c3ccc(-c4ccc5c(c4)c4ccccc4n5-c4cccc5sc6ccccc6c45)cc3c3cc4ccccc4cc32)cc1. The van der Waals surface area contributed by atoms with Crippen molar-refractivity contribution in [3.63, 3.8) is 0 Å². The maximum Gasteiger partial charge on any atom is 0.0555 e. The molecule has 0 amide bonds. The van der Waals surface area contributed by atoms with Crippen LogP contribution in [-0.4, -0.2) is 9.13 Å². The van der Waals surface area contributed by atoms with E-state index in [0.29, 0.717) is 0 Å². The molecule has 0 saturated heterocycles. The number of nitrogens with zero attached hydrogens (tertiary/aromatic N) is 2. The van der Waals surface area contributed by atoms with E-state index in [4.69, 9.17) is 0 Å². The van der Waals surface area contributed by atoms with Crippen LogP contribution in [0.5, 0.6) is 0 Å². The molecule has 0 N–H and O–H groups in total. The van der Waals surface area contributed by atoms with Crippen molar-refractivity contribution in [3.05, 3.63) is 194 Å². The molecule has 0 spiro atoms. The average molecular weight is 717 g/mol. The van der Waals surface area contributed by atoms with Crippen molar-refractivity contribution < 1.29 is 0 Å². The summed E-state index contributed by atoms with van der Waals surface area (Å²) in [7, 11) is 0. The van der Waals surface area contributed by atoms with Gasteiger partial charge in [-0.3, -0.25) is 0 Å². The van der Waals surface area contributed by atoms with Gasteiger partial charge in [0.2, 0.25) is 0 Å². The molecule has 3 aromatic heterocycles. The monoisotopic (exact) mass is 716 g/mol. The van der Waals surface area contributed by atoms with E-state index in [1.165, 1.54) is 108 Å². The van der Waals surface area contributed by atoms with Gasteiger partial charge in [-0.2, -0.15) is 0 Å². The standard InChI is InChI=1S/C52H32N2S/c1-2-13-33(14-3-1)38-17-6-9-20-44(38)54-47-28-26-37(31-42(47)43-29-34-15-4-5-16-35(34)32-49(43)54)36-25-27-46-41(30-36)39-18-7-10-21-45(39)53(46)48-22-12-24-51-52(48)40-19-8-11-23-50(40)55-51/h1-32H. The molecule has 3 heterocycles. The van der Waals surface area contributed by atoms with Crippen molar-refractivity contribution >= 4 is 85.9 Å². The van der Waals surface area contributed by atoms with E-state index in [-0.39, 0.29) is 0 Å². The Morgan fingerprint density at radius 1 is 0.309 bits per heavy atom. The van der Waals surface area contributed by atoms with Crippen LogP contribution >= 0.6 is 11.3 Å². The third-order valence-corrected chi connectivity index (χ3v) is 12.6. The zero-order valence-corrected chi connectivity index (χ0v) is 30.6. The summed E-state index contributed by atoms with van der Waals surface area (Å²) in [6.45, 7) is 0. The van der Waals surface area contributed by atoms with Crippen molar-refractivity contribution in [2.24, 2.45) is 0 Å². The van der Waals surface area contributed by atoms with Crippen molar-refractivity contribution in [2.75, 3.05) is 0 Å². The third-order valence-electron chi connectivity index (χ3n) is 11.5. The average Bonchev–Trinajstić information content (AvgIpc) is 3.90. The van der Waals surface area contributed by atoms with Crippen LogP contribution in [0.15, 0.2) is 194 Å². The van der Waals surface area contributed by atoms with Gasteiger partial charge < -0.3 is 9.13 Å². The van der Waals surface area contributed by atoms with Crippen LogP contribution in [0.4, 0.5) is 0 Å². The number of hydrogen-bond acceptors (Lipinski definition) is 1. The highest BCUT2D eigenvalue weighted by Crippen LogP contribution is 2.43. The Morgan fingerprint density at radius 3 is 1.69 bits per heavy atom. The maximum atomic E-state index is 2.47. The highest BCUT2D eigenvalue weighted by molar-refractivity contribution is 7.25. The van der Waals surface area contributed by atoms with E-state index in [0.717, 1.165) is 0 Å². The minimum Gasteiger partial charge on any atom is -0.309 e. The quantitative estimate of drug-likeness (QED) is 0.172. The topological polar surface area (TPSA) is 9.86 Å². The van der Waals surface area contributed by atoms with Crippen molar-refractivity contribution in [3.8, 4) is 33.6 Å². The molecule has 0 saturated carbocycles. The summed E-state index contributed by atoms with van der Waals surface area (Å²) >= 11 is 1.87. The fraction of sp³-hybridized carbons (Fsp3) is 0. The third kappa shape index (κ3) is 4.54.